The van der Waals surface area contributed by atoms with E-state index in [4.69, 9.17) is 23.2 Å². The lowest BCUT2D eigenvalue weighted by atomic mass is 10.5. The molecule has 50 valence electrons. The minimum atomic E-state index is -4.24. The van der Waals surface area contributed by atoms with Crippen LogP contribution in [0, 0.1) is 0 Å². The lowest BCUT2D eigenvalue weighted by molar-refractivity contribution is -0.131. The molecule has 0 aromatic carbocycles. The Morgan fingerprint density at radius 3 is 1.62 bits per heavy atom. The minimum absolute atomic E-state index is 1.14. The van der Waals surface area contributed by atoms with E-state index in [0.29, 0.717) is 0 Å². The Hall–Kier alpha value is 0.370. The van der Waals surface area contributed by atoms with Crippen LogP contribution in [-0.4, -0.2) is 11.0 Å². The molecule has 5 heteroatoms. The van der Waals surface area contributed by atoms with Gasteiger partial charge in [-0.2, -0.15) is 13.2 Å². The molecule has 0 heterocycles. The van der Waals surface area contributed by atoms with Crippen molar-refractivity contribution < 1.29 is 13.2 Å². The fourth-order valence-corrected chi connectivity index (χ4v) is 0.525. The molecule has 0 fully saturated rings. The van der Waals surface area contributed by atoms with Gasteiger partial charge in [-0.15, -0.1) is 23.2 Å². The van der Waals surface area contributed by atoms with E-state index in [9.17, 15) is 13.2 Å². The third kappa shape index (κ3) is 6.37. The van der Waals surface area contributed by atoms with Gasteiger partial charge in [0.05, 0.1) is 6.42 Å². The zero-order valence-electron chi connectivity index (χ0n) is 3.67. The van der Waals surface area contributed by atoms with Crippen LogP contribution in [0.2, 0.25) is 0 Å². The maximum absolute atomic E-state index is 11.1. The van der Waals surface area contributed by atoms with Gasteiger partial charge in [0.15, 0.2) is 0 Å². The molecule has 0 saturated carbocycles. The molecule has 0 radical (unpaired) electrons. The van der Waals surface area contributed by atoms with Crippen LogP contribution in [0.1, 0.15) is 6.42 Å². The summed E-state index contributed by atoms with van der Waals surface area (Å²) in [6.07, 6.45) is -5.38. The molecule has 0 unspecified atom stereocenters. The number of hydrogen-bond donors (Lipinski definition) is 0. The summed E-state index contributed by atoms with van der Waals surface area (Å²) in [6, 6.07) is 0. The second-order valence-electron chi connectivity index (χ2n) is 1.21. The van der Waals surface area contributed by atoms with E-state index in [1.54, 1.807) is 0 Å². The first-order valence-electron chi connectivity index (χ1n) is 1.77. The molecule has 0 aromatic rings. The van der Waals surface area contributed by atoms with Crippen LogP contribution in [0.3, 0.4) is 0 Å². The molecular formula is C3H3Cl2F3. The molecule has 0 bridgehead atoms. The Morgan fingerprint density at radius 1 is 1.25 bits per heavy atom. The van der Waals surface area contributed by atoms with Crippen molar-refractivity contribution in [3.05, 3.63) is 0 Å². The fraction of sp³-hybridized carbons (Fsp3) is 1.00. The first kappa shape index (κ1) is 8.37. The van der Waals surface area contributed by atoms with Crippen LogP contribution >= 0.6 is 23.2 Å². The van der Waals surface area contributed by atoms with E-state index in [-0.39, 0.29) is 0 Å². The van der Waals surface area contributed by atoms with Crippen LogP contribution in [-0.2, 0) is 0 Å². The van der Waals surface area contributed by atoms with Gasteiger partial charge in [-0.25, -0.2) is 0 Å². The first-order valence-corrected chi connectivity index (χ1v) is 2.64. The van der Waals surface area contributed by atoms with E-state index in [1.165, 1.54) is 0 Å². The van der Waals surface area contributed by atoms with Crippen molar-refractivity contribution in [3.63, 3.8) is 0 Å². The largest absolute Gasteiger partial charge is 0.391 e. The van der Waals surface area contributed by atoms with Gasteiger partial charge < -0.3 is 0 Å². The minimum Gasteiger partial charge on any atom is -0.171 e. The maximum Gasteiger partial charge on any atom is 0.391 e. The Balaban J connectivity index is 3.39. The molecule has 0 aliphatic rings. The van der Waals surface area contributed by atoms with Crippen molar-refractivity contribution in [3.8, 4) is 0 Å². The first-order chi connectivity index (χ1) is 3.42. The van der Waals surface area contributed by atoms with Crippen molar-refractivity contribution in [2.75, 3.05) is 0 Å². The van der Waals surface area contributed by atoms with Crippen molar-refractivity contribution in [1.29, 1.82) is 0 Å². The Morgan fingerprint density at radius 2 is 1.62 bits per heavy atom. The number of halogens is 5. The normalized spacial score (nSPS) is 12.8. The van der Waals surface area contributed by atoms with Gasteiger partial charge in [-0.05, 0) is 0 Å². The van der Waals surface area contributed by atoms with E-state index in [0.717, 1.165) is 0 Å². The SMILES string of the molecule is FC(F)(F)CC(Cl)Cl. The Kier molecular flexibility index (Phi) is 2.91. The maximum atomic E-state index is 11.1. The highest BCUT2D eigenvalue weighted by Gasteiger charge is 2.29. The lowest BCUT2D eigenvalue weighted by Crippen LogP contribution is -2.10. The van der Waals surface area contributed by atoms with E-state index < -0.39 is 17.4 Å². The summed E-state index contributed by atoms with van der Waals surface area (Å²) in [6.45, 7) is 0. The van der Waals surface area contributed by atoms with Crippen LogP contribution < -0.4 is 0 Å². The summed E-state index contributed by atoms with van der Waals surface area (Å²) in [7, 11) is 0. The van der Waals surface area contributed by atoms with Gasteiger partial charge in [0, 0.05) is 0 Å². The van der Waals surface area contributed by atoms with Crippen molar-refractivity contribution in [1.82, 2.24) is 0 Å². The van der Waals surface area contributed by atoms with Crippen LogP contribution in [0.15, 0.2) is 0 Å². The molecule has 0 saturated heterocycles. The van der Waals surface area contributed by atoms with Crippen molar-refractivity contribution >= 4 is 23.2 Å². The molecule has 8 heavy (non-hydrogen) atoms. The fourth-order valence-electron chi connectivity index (χ4n) is 0.175. The topological polar surface area (TPSA) is 0 Å². The monoisotopic (exact) mass is 166 g/mol. The second-order valence-corrected chi connectivity index (χ2v) is 2.49. The number of alkyl halides is 5. The van der Waals surface area contributed by atoms with Crippen LogP contribution in [0.5, 0.6) is 0 Å². The van der Waals surface area contributed by atoms with E-state index in [2.05, 4.69) is 0 Å². The molecule has 0 spiro atoms. The molecular weight excluding hydrogens is 164 g/mol. The van der Waals surface area contributed by atoms with Crippen molar-refractivity contribution in [2.24, 2.45) is 0 Å². The summed E-state index contributed by atoms with van der Waals surface area (Å²) < 4.78 is 33.4. The van der Waals surface area contributed by atoms with Gasteiger partial charge in [0.25, 0.3) is 0 Å². The smallest absolute Gasteiger partial charge is 0.171 e. The molecule has 0 N–H and O–H groups in total. The van der Waals surface area contributed by atoms with Gasteiger partial charge in [-0.3, -0.25) is 0 Å². The summed E-state index contributed by atoms with van der Waals surface area (Å²) in [5, 5.41) is 0. The van der Waals surface area contributed by atoms with Gasteiger partial charge in [-0.1, -0.05) is 0 Å². The van der Waals surface area contributed by atoms with E-state index >= 15 is 0 Å². The highest BCUT2D eigenvalue weighted by atomic mass is 35.5. The quantitative estimate of drug-likeness (QED) is 0.526. The molecule has 0 aliphatic carbocycles. The highest BCUT2D eigenvalue weighted by molar-refractivity contribution is 6.44. The average Bonchev–Trinajstić information content (AvgIpc) is 1.21. The highest BCUT2D eigenvalue weighted by Crippen LogP contribution is 2.25. The van der Waals surface area contributed by atoms with Crippen LogP contribution in [0.4, 0.5) is 13.2 Å². The second kappa shape index (κ2) is 2.78. The Labute approximate surface area is 54.6 Å². The number of rotatable bonds is 1. The lowest BCUT2D eigenvalue weighted by Gasteiger charge is -2.04. The summed E-state index contributed by atoms with van der Waals surface area (Å²) >= 11 is 9.62. The average molecular weight is 167 g/mol. The zero-order chi connectivity index (χ0) is 6.78. The predicted octanol–water partition coefficient (Wildman–Crippen LogP) is 2.74. The third-order valence-corrected chi connectivity index (χ3v) is 0.694. The Bertz CT molecular complexity index is 67.4. The molecule has 0 aliphatic heterocycles. The van der Waals surface area contributed by atoms with Gasteiger partial charge in [0.1, 0.15) is 4.84 Å². The standard InChI is InChI=1S/C3H3Cl2F3/c4-2(5)1-3(6,7)8/h2H,1H2. The molecule has 0 atom stereocenters. The van der Waals surface area contributed by atoms with Crippen LogP contribution in [0.25, 0.3) is 0 Å². The van der Waals surface area contributed by atoms with Gasteiger partial charge >= 0.3 is 6.18 Å². The summed E-state index contributed by atoms with van der Waals surface area (Å²) in [5.74, 6) is 0. The van der Waals surface area contributed by atoms with Crippen molar-refractivity contribution in [2.45, 2.75) is 17.4 Å². The summed E-state index contributed by atoms with van der Waals surface area (Å²) in [5.41, 5.74) is 0. The molecule has 0 nitrogen and oxygen atoms in total. The molecule has 0 aromatic heterocycles. The van der Waals surface area contributed by atoms with Gasteiger partial charge in [0.2, 0.25) is 0 Å². The number of hydrogen-bond acceptors (Lipinski definition) is 0. The van der Waals surface area contributed by atoms with E-state index in [1.807, 2.05) is 0 Å². The summed E-state index contributed by atoms with van der Waals surface area (Å²) in [4.78, 5) is -1.34. The molecule has 0 amide bonds. The predicted molar refractivity (Wildman–Crippen MR) is 26.2 cm³/mol. The molecule has 0 rings (SSSR count). The zero-order valence-corrected chi connectivity index (χ0v) is 5.19. The third-order valence-electron chi connectivity index (χ3n) is 0.386.